The number of anilines is 3. The number of hydrogen-bond donors (Lipinski definition) is 1. The molecule has 0 atom stereocenters. The van der Waals surface area contributed by atoms with E-state index in [0.29, 0.717) is 22.8 Å². The van der Waals surface area contributed by atoms with Gasteiger partial charge in [-0.1, -0.05) is 6.07 Å². The highest BCUT2D eigenvalue weighted by molar-refractivity contribution is 7.94. The molecular weight excluding hydrogens is 304 g/mol. The van der Waals surface area contributed by atoms with Crippen molar-refractivity contribution in [3.05, 3.63) is 48.3 Å². The Morgan fingerprint density at radius 3 is 2.50 bits per heavy atom. The smallest absolute Gasteiger partial charge is 0.321 e. The van der Waals surface area contributed by atoms with E-state index in [-0.39, 0.29) is 5.91 Å². The minimum absolute atomic E-state index is 0.293. The highest BCUT2D eigenvalue weighted by atomic mass is 32.2. The van der Waals surface area contributed by atoms with E-state index in [1.54, 1.807) is 36.4 Å². The lowest BCUT2D eigenvalue weighted by atomic mass is 10.2. The number of carbonyl (C=O) groups is 1. The standard InChI is InChI=1S/C14H14N4O3S/c1-17-12-7-6-10(9-13(12)18(2)22(17,20)21)16-14(19)11-5-3-4-8-15-11/h3-9H,1-2H3,(H,16,19). The van der Waals surface area contributed by atoms with Crippen LogP contribution in [0.3, 0.4) is 0 Å². The van der Waals surface area contributed by atoms with Crippen LogP contribution in [0.1, 0.15) is 10.5 Å². The summed E-state index contributed by atoms with van der Waals surface area (Å²) in [6, 6.07) is 9.99. The lowest BCUT2D eigenvalue weighted by molar-refractivity contribution is 0.102. The first-order chi connectivity index (χ1) is 10.4. The van der Waals surface area contributed by atoms with E-state index in [2.05, 4.69) is 10.3 Å². The first-order valence-corrected chi connectivity index (χ1v) is 7.90. The number of aromatic nitrogens is 1. The van der Waals surface area contributed by atoms with Gasteiger partial charge in [0.1, 0.15) is 5.69 Å². The fourth-order valence-electron chi connectivity index (χ4n) is 2.24. The number of hydrogen-bond acceptors (Lipinski definition) is 4. The van der Waals surface area contributed by atoms with Crippen LogP contribution < -0.4 is 13.9 Å². The molecule has 114 valence electrons. The summed E-state index contributed by atoms with van der Waals surface area (Å²) in [5, 5.41) is 2.71. The molecule has 3 rings (SSSR count). The van der Waals surface area contributed by atoms with Crippen LogP contribution in [0, 0.1) is 0 Å². The molecular formula is C14H14N4O3S. The number of nitrogens with one attached hydrogen (secondary N) is 1. The van der Waals surface area contributed by atoms with Crippen LogP contribution in [0.2, 0.25) is 0 Å². The summed E-state index contributed by atoms with van der Waals surface area (Å²) >= 11 is 0. The second kappa shape index (κ2) is 4.99. The van der Waals surface area contributed by atoms with E-state index in [1.165, 1.54) is 28.9 Å². The van der Waals surface area contributed by atoms with Gasteiger partial charge in [0, 0.05) is 26.0 Å². The van der Waals surface area contributed by atoms with Crippen LogP contribution in [-0.2, 0) is 10.2 Å². The molecule has 2 heterocycles. The van der Waals surface area contributed by atoms with Crippen molar-refractivity contribution >= 4 is 33.2 Å². The minimum Gasteiger partial charge on any atom is -0.321 e. The Morgan fingerprint density at radius 2 is 1.82 bits per heavy atom. The van der Waals surface area contributed by atoms with Crippen molar-refractivity contribution < 1.29 is 13.2 Å². The fourth-order valence-corrected chi connectivity index (χ4v) is 3.41. The van der Waals surface area contributed by atoms with Crippen molar-refractivity contribution in [1.82, 2.24) is 4.98 Å². The lowest BCUT2D eigenvalue weighted by Crippen LogP contribution is -2.32. The van der Waals surface area contributed by atoms with Gasteiger partial charge in [-0.05, 0) is 30.3 Å². The van der Waals surface area contributed by atoms with E-state index < -0.39 is 10.2 Å². The van der Waals surface area contributed by atoms with Gasteiger partial charge < -0.3 is 5.32 Å². The van der Waals surface area contributed by atoms with Gasteiger partial charge in [0.25, 0.3) is 5.91 Å². The maximum absolute atomic E-state index is 12.1. The van der Waals surface area contributed by atoms with Crippen LogP contribution in [-0.4, -0.2) is 33.4 Å². The predicted molar refractivity (Wildman–Crippen MR) is 84.4 cm³/mol. The monoisotopic (exact) mass is 318 g/mol. The largest absolute Gasteiger partial charge is 0.326 e. The van der Waals surface area contributed by atoms with Gasteiger partial charge in [-0.2, -0.15) is 8.42 Å². The van der Waals surface area contributed by atoms with Crippen molar-refractivity contribution in [2.45, 2.75) is 0 Å². The van der Waals surface area contributed by atoms with Crippen LogP contribution in [0.4, 0.5) is 17.1 Å². The Bertz CT molecular complexity index is 836. The normalized spacial score (nSPS) is 15.5. The Balaban J connectivity index is 1.90. The second-order valence-corrected chi connectivity index (χ2v) is 6.81. The van der Waals surface area contributed by atoms with Gasteiger partial charge in [-0.15, -0.1) is 0 Å². The van der Waals surface area contributed by atoms with Gasteiger partial charge in [0.15, 0.2) is 0 Å². The third kappa shape index (κ3) is 2.17. The Kier molecular flexibility index (Phi) is 3.25. The van der Waals surface area contributed by atoms with E-state index in [0.717, 1.165) is 0 Å². The molecule has 0 bridgehead atoms. The molecule has 1 aromatic heterocycles. The first-order valence-electron chi connectivity index (χ1n) is 6.50. The molecule has 0 saturated carbocycles. The maximum Gasteiger partial charge on any atom is 0.326 e. The quantitative estimate of drug-likeness (QED) is 0.909. The molecule has 22 heavy (non-hydrogen) atoms. The van der Waals surface area contributed by atoms with Crippen molar-refractivity contribution in [2.75, 3.05) is 28.0 Å². The van der Waals surface area contributed by atoms with Gasteiger partial charge in [0.05, 0.1) is 11.4 Å². The predicted octanol–water partition coefficient (Wildman–Crippen LogP) is 1.46. The van der Waals surface area contributed by atoms with Crippen LogP contribution in [0.25, 0.3) is 0 Å². The van der Waals surface area contributed by atoms with Gasteiger partial charge >= 0.3 is 10.2 Å². The van der Waals surface area contributed by atoms with Gasteiger partial charge in [-0.25, -0.2) is 0 Å². The molecule has 1 amide bonds. The molecule has 0 aliphatic carbocycles. The molecule has 0 radical (unpaired) electrons. The third-order valence-corrected chi connectivity index (χ3v) is 5.28. The topological polar surface area (TPSA) is 82.6 Å². The molecule has 8 heteroatoms. The molecule has 0 fully saturated rings. The number of benzene rings is 1. The highest BCUT2D eigenvalue weighted by Crippen LogP contribution is 2.40. The number of carbonyl (C=O) groups excluding carboxylic acids is 1. The number of fused-ring (bicyclic) bond motifs is 1. The Hall–Kier alpha value is -2.61. The lowest BCUT2D eigenvalue weighted by Gasteiger charge is -2.13. The first kappa shape index (κ1) is 14.3. The Labute approximate surface area is 128 Å². The third-order valence-electron chi connectivity index (χ3n) is 3.50. The zero-order chi connectivity index (χ0) is 15.9. The minimum atomic E-state index is -3.52. The molecule has 1 aromatic carbocycles. The maximum atomic E-state index is 12.1. The summed E-state index contributed by atoms with van der Waals surface area (Å²) in [5.74, 6) is -0.350. The summed E-state index contributed by atoms with van der Waals surface area (Å²) in [4.78, 5) is 16.0. The van der Waals surface area contributed by atoms with Gasteiger partial charge in [0.2, 0.25) is 0 Å². The summed E-state index contributed by atoms with van der Waals surface area (Å²) < 4.78 is 26.5. The zero-order valence-electron chi connectivity index (χ0n) is 12.0. The Morgan fingerprint density at radius 1 is 1.09 bits per heavy atom. The molecule has 0 unspecified atom stereocenters. The molecule has 2 aromatic rings. The van der Waals surface area contributed by atoms with Crippen molar-refractivity contribution in [2.24, 2.45) is 0 Å². The van der Waals surface area contributed by atoms with Crippen LogP contribution in [0.5, 0.6) is 0 Å². The number of amides is 1. The summed E-state index contributed by atoms with van der Waals surface area (Å²) in [7, 11) is -0.554. The SMILES string of the molecule is CN1c2ccc(NC(=O)c3ccccn3)cc2N(C)S1(=O)=O. The van der Waals surface area contributed by atoms with Gasteiger partial charge in [-0.3, -0.25) is 18.4 Å². The average molecular weight is 318 g/mol. The van der Waals surface area contributed by atoms with Crippen LogP contribution in [0.15, 0.2) is 42.6 Å². The number of pyridine rings is 1. The fraction of sp³-hybridized carbons (Fsp3) is 0.143. The summed E-state index contributed by atoms with van der Waals surface area (Å²) in [6.07, 6.45) is 1.53. The van der Waals surface area contributed by atoms with Crippen molar-refractivity contribution in [3.8, 4) is 0 Å². The molecule has 1 N–H and O–H groups in total. The van der Waals surface area contributed by atoms with E-state index in [9.17, 15) is 13.2 Å². The summed E-state index contributed by atoms with van der Waals surface area (Å²) in [5.41, 5.74) is 1.88. The molecule has 1 aliphatic rings. The van der Waals surface area contributed by atoms with Crippen LogP contribution >= 0.6 is 0 Å². The number of nitrogens with zero attached hydrogens (tertiary/aromatic N) is 3. The second-order valence-electron chi connectivity index (χ2n) is 4.82. The molecule has 0 saturated heterocycles. The van der Waals surface area contributed by atoms with Crippen molar-refractivity contribution in [3.63, 3.8) is 0 Å². The zero-order valence-corrected chi connectivity index (χ0v) is 12.8. The van der Waals surface area contributed by atoms with E-state index in [4.69, 9.17) is 0 Å². The van der Waals surface area contributed by atoms with E-state index >= 15 is 0 Å². The van der Waals surface area contributed by atoms with E-state index in [1.807, 2.05) is 0 Å². The average Bonchev–Trinajstić information content (AvgIpc) is 2.69. The highest BCUT2D eigenvalue weighted by Gasteiger charge is 2.35. The molecule has 0 spiro atoms. The van der Waals surface area contributed by atoms with Crippen molar-refractivity contribution in [1.29, 1.82) is 0 Å². The summed E-state index contributed by atoms with van der Waals surface area (Å²) in [6.45, 7) is 0. The molecule has 7 nitrogen and oxygen atoms in total. The molecule has 1 aliphatic heterocycles. The number of rotatable bonds is 2.